The molecule has 3 heterocycles. The highest BCUT2D eigenvalue weighted by Crippen LogP contribution is 2.27. The Kier molecular flexibility index (Phi) is 4.76. The molecule has 7 nitrogen and oxygen atoms in total. The zero-order chi connectivity index (χ0) is 16.2. The van der Waals surface area contributed by atoms with E-state index in [4.69, 9.17) is 4.74 Å². The third kappa shape index (κ3) is 3.44. The Bertz CT molecular complexity index is 663. The van der Waals surface area contributed by atoms with Crippen molar-refractivity contribution in [3.63, 3.8) is 0 Å². The number of nitrogens with zero attached hydrogens (tertiary/aromatic N) is 4. The second-order valence-electron chi connectivity index (χ2n) is 5.78. The van der Waals surface area contributed by atoms with E-state index in [0.29, 0.717) is 6.61 Å². The standard InChI is InChI=1S/C16H23N5O2/c1-3-20-8-7-18-16(20)15-13(5-4-10-23-15)19-14(22)11-21-9-6-17-12(21)2/h6-9,13,15H,3-5,10-11H2,1-2H3,(H,19,22)/t13-,15-/m1/s1. The van der Waals surface area contributed by atoms with Crippen LogP contribution in [0.1, 0.15) is 37.5 Å². The number of carbonyl (C=O) groups is 1. The van der Waals surface area contributed by atoms with Gasteiger partial charge in [-0.1, -0.05) is 0 Å². The van der Waals surface area contributed by atoms with Crippen molar-refractivity contribution in [2.24, 2.45) is 0 Å². The van der Waals surface area contributed by atoms with Crippen molar-refractivity contribution in [1.29, 1.82) is 0 Å². The summed E-state index contributed by atoms with van der Waals surface area (Å²) in [5, 5.41) is 3.11. The first-order valence-electron chi connectivity index (χ1n) is 8.08. The Balaban J connectivity index is 1.69. The average Bonchev–Trinajstić information content (AvgIpc) is 3.17. The molecule has 0 bridgehead atoms. The largest absolute Gasteiger partial charge is 0.368 e. The van der Waals surface area contributed by atoms with E-state index in [-0.39, 0.29) is 24.6 Å². The van der Waals surface area contributed by atoms with Gasteiger partial charge in [0.2, 0.25) is 5.91 Å². The second kappa shape index (κ2) is 6.95. The summed E-state index contributed by atoms with van der Waals surface area (Å²) >= 11 is 0. The minimum atomic E-state index is -0.188. The maximum absolute atomic E-state index is 12.4. The lowest BCUT2D eigenvalue weighted by Gasteiger charge is -2.32. The molecule has 1 saturated heterocycles. The summed E-state index contributed by atoms with van der Waals surface area (Å²) in [5.41, 5.74) is 0. The molecule has 3 rings (SSSR count). The highest BCUT2D eigenvalue weighted by Gasteiger charge is 2.31. The monoisotopic (exact) mass is 317 g/mol. The summed E-state index contributed by atoms with van der Waals surface area (Å²) < 4.78 is 9.82. The lowest BCUT2D eigenvalue weighted by atomic mass is 10.0. The average molecular weight is 317 g/mol. The van der Waals surface area contributed by atoms with Crippen LogP contribution in [0.15, 0.2) is 24.8 Å². The van der Waals surface area contributed by atoms with Crippen LogP contribution < -0.4 is 5.32 Å². The molecule has 7 heteroatoms. The molecule has 0 radical (unpaired) electrons. The van der Waals surface area contributed by atoms with Crippen molar-refractivity contribution in [3.05, 3.63) is 36.4 Å². The van der Waals surface area contributed by atoms with Crippen molar-refractivity contribution in [2.45, 2.75) is 51.9 Å². The number of nitrogens with one attached hydrogen (secondary N) is 1. The molecule has 0 spiro atoms. The molecule has 0 unspecified atom stereocenters. The van der Waals surface area contributed by atoms with Crippen molar-refractivity contribution in [1.82, 2.24) is 24.4 Å². The van der Waals surface area contributed by atoms with Crippen LogP contribution in [-0.2, 0) is 22.6 Å². The first kappa shape index (κ1) is 15.7. The Hall–Kier alpha value is -2.15. The molecular weight excluding hydrogens is 294 g/mol. The normalized spacial score (nSPS) is 21.3. The molecule has 2 aromatic heterocycles. The molecule has 1 N–H and O–H groups in total. The van der Waals surface area contributed by atoms with Crippen LogP contribution in [0.3, 0.4) is 0 Å². The summed E-state index contributed by atoms with van der Waals surface area (Å²) in [7, 11) is 0. The first-order chi connectivity index (χ1) is 11.2. The number of hydrogen-bond donors (Lipinski definition) is 1. The second-order valence-corrected chi connectivity index (χ2v) is 5.78. The van der Waals surface area contributed by atoms with E-state index in [1.165, 1.54) is 0 Å². The molecule has 0 aliphatic carbocycles. The molecule has 2 atom stereocenters. The van der Waals surface area contributed by atoms with Crippen molar-refractivity contribution < 1.29 is 9.53 Å². The van der Waals surface area contributed by atoms with E-state index in [0.717, 1.165) is 31.0 Å². The molecular formula is C16H23N5O2. The number of amides is 1. The fourth-order valence-electron chi connectivity index (χ4n) is 3.01. The molecule has 1 fully saturated rings. The number of ether oxygens (including phenoxy) is 1. The summed E-state index contributed by atoms with van der Waals surface area (Å²) in [4.78, 5) is 20.9. The minimum absolute atomic E-state index is 0.0267. The maximum Gasteiger partial charge on any atom is 0.240 e. The third-order valence-electron chi connectivity index (χ3n) is 4.25. The molecule has 2 aromatic rings. The third-order valence-corrected chi connectivity index (χ3v) is 4.25. The number of imidazole rings is 2. The number of aryl methyl sites for hydroxylation is 2. The quantitative estimate of drug-likeness (QED) is 0.905. The van der Waals surface area contributed by atoms with Gasteiger partial charge in [0.25, 0.3) is 0 Å². The van der Waals surface area contributed by atoms with E-state index in [9.17, 15) is 4.79 Å². The number of aromatic nitrogens is 4. The molecule has 0 aromatic carbocycles. The molecule has 1 aliphatic rings. The Morgan fingerprint density at radius 3 is 2.87 bits per heavy atom. The van der Waals surface area contributed by atoms with E-state index < -0.39 is 0 Å². The van der Waals surface area contributed by atoms with Gasteiger partial charge in [0.05, 0.1) is 6.04 Å². The van der Waals surface area contributed by atoms with Crippen molar-refractivity contribution in [2.75, 3.05) is 6.61 Å². The van der Waals surface area contributed by atoms with Gasteiger partial charge in [-0.05, 0) is 26.7 Å². The van der Waals surface area contributed by atoms with Gasteiger partial charge in [0.1, 0.15) is 24.3 Å². The van der Waals surface area contributed by atoms with E-state index in [2.05, 4.69) is 26.8 Å². The van der Waals surface area contributed by atoms with Crippen LogP contribution in [0.25, 0.3) is 0 Å². The van der Waals surface area contributed by atoms with Crippen LogP contribution in [-0.4, -0.2) is 37.7 Å². The lowest BCUT2D eigenvalue weighted by Crippen LogP contribution is -2.44. The van der Waals surface area contributed by atoms with Gasteiger partial charge in [0.15, 0.2) is 0 Å². The smallest absolute Gasteiger partial charge is 0.240 e. The van der Waals surface area contributed by atoms with Gasteiger partial charge in [-0.25, -0.2) is 9.97 Å². The summed E-state index contributed by atoms with van der Waals surface area (Å²) in [6.07, 6.45) is 8.90. The highest BCUT2D eigenvalue weighted by molar-refractivity contribution is 5.76. The molecule has 1 amide bonds. The zero-order valence-electron chi connectivity index (χ0n) is 13.6. The van der Waals surface area contributed by atoms with E-state index in [1.807, 2.05) is 23.9 Å². The summed E-state index contributed by atoms with van der Waals surface area (Å²) in [5.74, 6) is 1.69. The molecule has 0 saturated carbocycles. The highest BCUT2D eigenvalue weighted by atomic mass is 16.5. The SMILES string of the molecule is CCn1ccnc1[C@@H]1OCCC[C@H]1NC(=O)Cn1ccnc1C. The summed E-state index contributed by atoms with van der Waals surface area (Å²) in [6, 6.07) is -0.0484. The van der Waals surface area contributed by atoms with E-state index in [1.54, 1.807) is 12.4 Å². The van der Waals surface area contributed by atoms with Crippen LogP contribution >= 0.6 is 0 Å². The number of hydrogen-bond acceptors (Lipinski definition) is 4. The Morgan fingerprint density at radius 2 is 2.13 bits per heavy atom. The van der Waals surface area contributed by atoms with Gasteiger partial charge >= 0.3 is 0 Å². The zero-order valence-corrected chi connectivity index (χ0v) is 13.6. The first-order valence-corrected chi connectivity index (χ1v) is 8.08. The molecule has 1 aliphatic heterocycles. The Morgan fingerprint density at radius 1 is 1.35 bits per heavy atom. The number of carbonyl (C=O) groups excluding carboxylic acids is 1. The van der Waals surface area contributed by atoms with Crippen LogP contribution in [0.4, 0.5) is 0 Å². The molecule has 124 valence electrons. The minimum Gasteiger partial charge on any atom is -0.368 e. The van der Waals surface area contributed by atoms with Gasteiger partial charge < -0.3 is 19.2 Å². The van der Waals surface area contributed by atoms with Gasteiger partial charge in [-0.2, -0.15) is 0 Å². The topological polar surface area (TPSA) is 74.0 Å². The van der Waals surface area contributed by atoms with Crippen LogP contribution in [0.2, 0.25) is 0 Å². The fourth-order valence-corrected chi connectivity index (χ4v) is 3.01. The van der Waals surface area contributed by atoms with Crippen molar-refractivity contribution in [3.8, 4) is 0 Å². The van der Waals surface area contributed by atoms with Gasteiger partial charge in [-0.3, -0.25) is 4.79 Å². The predicted octanol–water partition coefficient (Wildman–Crippen LogP) is 1.44. The Labute approximate surface area is 135 Å². The van der Waals surface area contributed by atoms with E-state index >= 15 is 0 Å². The fraction of sp³-hybridized carbons (Fsp3) is 0.562. The van der Waals surface area contributed by atoms with Crippen LogP contribution in [0.5, 0.6) is 0 Å². The van der Waals surface area contributed by atoms with Crippen molar-refractivity contribution >= 4 is 5.91 Å². The van der Waals surface area contributed by atoms with Gasteiger partial charge in [0, 0.05) is 37.9 Å². The maximum atomic E-state index is 12.4. The van der Waals surface area contributed by atoms with Gasteiger partial charge in [-0.15, -0.1) is 0 Å². The molecule has 23 heavy (non-hydrogen) atoms. The predicted molar refractivity (Wildman–Crippen MR) is 84.7 cm³/mol. The number of rotatable bonds is 5. The lowest BCUT2D eigenvalue weighted by molar-refractivity contribution is -0.125. The van der Waals surface area contributed by atoms with Crippen LogP contribution in [0, 0.1) is 6.92 Å². The summed E-state index contributed by atoms with van der Waals surface area (Å²) in [6.45, 7) is 5.77.